The largest absolute Gasteiger partial charge is 0.444 e. The van der Waals surface area contributed by atoms with E-state index in [0.717, 1.165) is 35.1 Å². The van der Waals surface area contributed by atoms with E-state index in [9.17, 15) is 9.59 Å². The average molecular weight is 381 g/mol. The molecular formula is C22H27N3O3. The summed E-state index contributed by atoms with van der Waals surface area (Å²) in [5.74, 6) is 0.761. The van der Waals surface area contributed by atoms with Crippen LogP contribution in [-0.2, 0) is 16.1 Å². The van der Waals surface area contributed by atoms with Crippen LogP contribution in [0.2, 0.25) is 0 Å². The highest BCUT2D eigenvalue weighted by atomic mass is 16.6. The van der Waals surface area contributed by atoms with Crippen molar-refractivity contribution in [2.24, 2.45) is 5.92 Å². The van der Waals surface area contributed by atoms with Crippen molar-refractivity contribution in [3.8, 4) is 11.1 Å². The maximum absolute atomic E-state index is 11.9. The van der Waals surface area contributed by atoms with Crippen molar-refractivity contribution in [2.75, 3.05) is 5.32 Å². The minimum absolute atomic E-state index is 0.0457. The summed E-state index contributed by atoms with van der Waals surface area (Å²) in [6.07, 6.45) is 3.19. The zero-order valence-corrected chi connectivity index (χ0v) is 16.8. The Kier molecular flexibility index (Phi) is 5.68. The van der Waals surface area contributed by atoms with E-state index in [1.165, 1.54) is 0 Å². The van der Waals surface area contributed by atoms with Gasteiger partial charge >= 0.3 is 6.09 Å². The second kappa shape index (κ2) is 8.00. The zero-order valence-electron chi connectivity index (χ0n) is 16.8. The second-order valence-electron chi connectivity index (χ2n) is 8.19. The summed E-state index contributed by atoms with van der Waals surface area (Å²) in [4.78, 5) is 28.0. The van der Waals surface area contributed by atoms with Crippen molar-refractivity contribution in [2.45, 2.75) is 52.7 Å². The quantitative estimate of drug-likeness (QED) is 0.803. The van der Waals surface area contributed by atoms with Gasteiger partial charge in [0.2, 0.25) is 5.91 Å². The molecule has 0 unspecified atom stereocenters. The van der Waals surface area contributed by atoms with Crippen LogP contribution in [0.3, 0.4) is 0 Å². The van der Waals surface area contributed by atoms with Gasteiger partial charge in [0.25, 0.3) is 0 Å². The summed E-state index contributed by atoms with van der Waals surface area (Å²) in [6, 6.07) is 9.85. The van der Waals surface area contributed by atoms with Crippen LogP contribution < -0.4 is 10.6 Å². The van der Waals surface area contributed by atoms with Gasteiger partial charge in [0, 0.05) is 18.7 Å². The number of aromatic nitrogens is 1. The molecule has 0 spiro atoms. The molecule has 1 fully saturated rings. The first kappa shape index (κ1) is 19.9. The number of carbonyl (C=O) groups is 2. The summed E-state index contributed by atoms with van der Waals surface area (Å²) in [5.41, 5.74) is 3.58. The first-order valence-electron chi connectivity index (χ1n) is 9.55. The van der Waals surface area contributed by atoms with E-state index in [2.05, 4.69) is 21.7 Å². The van der Waals surface area contributed by atoms with Crippen molar-refractivity contribution in [1.82, 2.24) is 10.3 Å². The molecule has 6 heteroatoms. The molecule has 3 rings (SSSR count). The molecule has 1 aromatic carbocycles. The number of rotatable bonds is 5. The van der Waals surface area contributed by atoms with Gasteiger partial charge in [0.15, 0.2) is 0 Å². The number of carbonyl (C=O) groups excluding carboxylic acids is 2. The molecule has 6 nitrogen and oxygen atoms in total. The Morgan fingerprint density at radius 3 is 2.50 bits per heavy atom. The van der Waals surface area contributed by atoms with Gasteiger partial charge in [-0.3, -0.25) is 4.79 Å². The molecule has 1 heterocycles. The lowest BCUT2D eigenvalue weighted by molar-refractivity contribution is -0.117. The number of amides is 2. The third-order valence-electron chi connectivity index (χ3n) is 4.46. The number of nitrogens with zero attached hydrogens (tertiary/aromatic N) is 1. The zero-order chi connectivity index (χ0) is 20.3. The fourth-order valence-electron chi connectivity index (χ4n) is 2.81. The van der Waals surface area contributed by atoms with E-state index in [4.69, 9.17) is 4.74 Å². The summed E-state index contributed by atoms with van der Waals surface area (Å²) < 4.78 is 5.27. The second-order valence-corrected chi connectivity index (χ2v) is 8.19. The van der Waals surface area contributed by atoms with Crippen LogP contribution in [0.1, 0.15) is 44.7 Å². The summed E-state index contributed by atoms with van der Waals surface area (Å²) >= 11 is 0. The SMILES string of the molecule is Cc1cc(-c2ccnc(NC(=O)C3CC3)c2)ccc1CNC(=O)OC(C)(C)C. The van der Waals surface area contributed by atoms with E-state index < -0.39 is 11.7 Å². The Morgan fingerprint density at radius 1 is 1.14 bits per heavy atom. The molecule has 2 N–H and O–H groups in total. The number of hydrogen-bond donors (Lipinski definition) is 2. The minimum atomic E-state index is -0.517. The molecule has 2 amide bonds. The molecule has 0 saturated heterocycles. The fraction of sp³-hybridized carbons (Fsp3) is 0.409. The third-order valence-corrected chi connectivity index (χ3v) is 4.46. The van der Waals surface area contributed by atoms with E-state index in [-0.39, 0.29) is 11.8 Å². The number of anilines is 1. The molecule has 1 aromatic heterocycles. The highest BCUT2D eigenvalue weighted by Gasteiger charge is 2.29. The Hall–Kier alpha value is -2.89. The van der Waals surface area contributed by atoms with Crippen LogP contribution in [0, 0.1) is 12.8 Å². The summed E-state index contributed by atoms with van der Waals surface area (Å²) in [5, 5.41) is 5.66. The number of aryl methyl sites for hydroxylation is 1. The number of pyridine rings is 1. The first-order chi connectivity index (χ1) is 13.2. The van der Waals surface area contributed by atoms with Crippen LogP contribution in [0.15, 0.2) is 36.5 Å². The van der Waals surface area contributed by atoms with Gasteiger partial charge < -0.3 is 15.4 Å². The van der Waals surface area contributed by atoms with Gasteiger partial charge in [0.1, 0.15) is 11.4 Å². The monoisotopic (exact) mass is 381 g/mol. The lowest BCUT2D eigenvalue weighted by Crippen LogP contribution is -2.32. The summed E-state index contributed by atoms with van der Waals surface area (Å²) in [6.45, 7) is 7.92. The normalized spacial score (nSPS) is 13.7. The molecule has 1 aliphatic rings. The number of ether oxygens (including phenoxy) is 1. The van der Waals surface area contributed by atoms with E-state index in [0.29, 0.717) is 12.4 Å². The molecule has 0 bridgehead atoms. The molecule has 28 heavy (non-hydrogen) atoms. The first-order valence-corrected chi connectivity index (χ1v) is 9.55. The molecule has 1 aliphatic carbocycles. The van der Waals surface area contributed by atoms with Gasteiger partial charge in [0.05, 0.1) is 0 Å². The van der Waals surface area contributed by atoms with Gasteiger partial charge in [-0.15, -0.1) is 0 Å². The van der Waals surface area contributed by atoms with Crippen LogP contribution in [-0.4, -0.2) is 22.6 Å². The lowest BCUT2D eigenvalue weighted by Gasteiger charge is -2.20. The standard InChI is InChI=1S/C22H27N3O3/c1-14-11-16(7-8-18(14)13-24-21(27)28-22(2,3)4)17-9-10-23-19(12-17)25-20(26)15-5-6-15/h7-12,15H,5-6,13H2,1-4H3,(H,24,27)(H,23,25,26). The molecule has 0 atom stereocenters. The maximum Gasteiger partial charge on any atom is 0.407 e. The van der Waals surface area contributed by atoms with Crippen molar-refractivity contribution in [3.05, 3.63) is 47.7 Å². The molecular weight excluding hydrogens is 354 g/mol. The van der Waals surface area contributed by atoms with Gasteiger partial charge in [-0.1, -0.05) is 18.2 Å². The number of hydrogen-bond acceptors (Lipinski definition) is 4. The molecule has 0 aliphatic heterocycles. The molecule has 2 aromatic rings. The Bertz CT molecular complexity index is 883. The van der Waals surface area contributed by atoms with Gasteiger partial charge in [-0.2, -0.15) is 0 Å². The van der Waals surface area contributed by atoms with Crippen molar-refractivity contribution in [3.63, 3.8) is 0 Å². The minimum Gasteiger partial charge on any atom is -0.444 e. The fourth-order valence-corrected chi connectivity index (χ4v) is 2.81. The summed E-state index contributed by atoms with van der Waals surface area (Å²) in [7, 11) is 0. The third kappa shape index (κ3) is 5.55. The van der Waals surface area contributed by atoms with Crippen LogP contribution >= 0.6 is 0 Å². The van der Waals surface area contributed by atoms with Gasteiger partial charge in [-0.25, -0.2) is 9.78 Å². The number of benzene rings is 1. The highest BCUT2D eigenvalue weighted by molar-refractivity contribution is 5.93. The lowest BCUT2D eigenvalue weighted by atomic mass is 10.0. The highest BCUT2D eigenvalue weighted by Crippen LogP contribution is 2.30. The molecule has 1 saturated carbocycles. The van der Waals surface area contributed by atoms with E-state index >= 15 is 0 Å². The van der Waals surface area contributed by atoms with Crippen LogP contribution in [0.4, 0.5) is 10.6 Å². The number of nitrogens with one attached hydrogen (secondary N) is 2. The molecule has 0 radical (unpaired) electrons. The van der Waals surface area contributed by atoms with Crippen molar-refractivity contribution >= 4 is 17.8 Å². The Morgan fingerprint density at radius 2 is 1.86 bits per heavy atom. The smallest absolute Gasteiger partial charge is 0.407 e. The topological polar surface area (TPSA) is 80.3 Å². The van der Waals surface area contributed by atoms with Crippen LogP contribution in [0.25, 0.3) is 11.1 Å². The Balaban J connectivity index is 1.66. The van der Waals surface area contributed by atoms with Crippen LogP contribution in [0.5, 0.6) is 0 Å². The average Bonchev–Trinajstić information content (AvgIpc) is 3.44. The maximum atomic E-state index is 11.9. The van der Waals surface area contributed by atoms with E-state index in [1.54, 1.807) is 6.20 Å². The predicted molar refractivity (Wildman–Crippen MR) is 109 cm³/mol. The van der Waals surface area contributed by atoms with Crippen molar-refractivity contribution in [1.29, 1.82) is 0 Å². The Labute approximate surface area is 165 Å². The molecule has 148 valence electrons. The predicted octanol–water partition coefficient (Wildman–Crippen LogP) is 4.43. The number of alkyl carbamates (subject to hydrolysis) is 1. The van der Waals surface area contributed by atoms with Gasteiger partial charge in [-0.05, 0) is 74.9 Å². The van der Waals surface area contributed by atoms with E-state index in [1.807, 2.05) is 52.0 Å². The van der Waals surface area contributed by atoms with Crippen molar-refractivity contribution < 1.29 is 14.3 Å².